The fourth-order valence-corrected chi connectivity index (χ4v) is 2.25. The van der Waals surface area contributed by atoms with E-state index in [1.54, 1.807) is 7.05 Å². The third-order valence-corrected chi connectivity index (χ3v) is 3.26. The van der Waals surface area contributed by atoms with Crippen molar-refractivity contribution in [1.82, 2.24) is 25.1 Å². The molecule has 17 heavy (non-hydrogen) atoms. The lowest BCUT2D eigenvalue weighted by Crippen LogP contribution is -2.42. The average Bonchev–Trinajstić information content (AvgIpc) is 2.67. The van der Waals surface area contributed by atoms with Crippen LogP contribution < -0.4 is 0 Å². The number of rotatable bonds is 3. The maximum absolute atomic E-state index is 10.9. The van der Waals surface area contributed by atoms with Crippen LogP contribution in [0, 0.1) is 5.92 Å². The molecule has 0 aliphatic carbocycles. The van der Waals surface area contributed by atoms with E-state index in [-0.39, 0.29) is 12.0 Å². The second kappa shape index (κ2) is 4.79. The van der Waals surface area contributed by atoms with Gasteiger partial charge in [-0.15, -0.1) is 10.2 Å². The van der Waals surface area contributed by atoms with Gasteiger partial charge in [-0.1, -0.05) is 0 Å². The molecule has 1 aromatic rings. The Hall–Kier alpha value is -1.50. The molecule has 94 valence electrons. The van der Waals surface area contributed by atoms with Gasteiger partial charge in [-0.3, -0.25) is 9.69 Å². The number of aryl methyl sites for hydroxylation is 1. The molecule has 7 nitrogen and oxygen atoms in total. The summed E-state index contributed by atoms with van der Waals surface area (Å²) in [5, 5.41) is 20.8. The molecule has 1 saturated heterocycles. The smallest absolute Gasteiger partial charge is 0.306 e. The second-order valence-electron chi connectivity index (χ2n) is 4.57. The first-order valence-corrected chi connectivity index (χ1v) is 5.76. The summed E-state index contributed by atoms with van der Waals surface area (Å²) in [7, 11) is 1.73. The predicted molar refractivity (Wildman–Crippen MR) is 59.0 cm³/mol. The van der Waals surface area contributed by atoms with Gasteiger partial charge in [-0.25, -0.2) is 0 Å². The number of carboxylic acids is 1. The van der Waals surface area contributed by atoms with Crippen molar-refractivity contribution in [2.75, 3.05) is 6.54 Å². The number of carboxylic acid groups (broad SMARTS) is 1. The van der Waals surface area contributed by atoms with E-state index in [1.165, 1.54) is 4.80 Å². The Bertz CT molecular complexity index is 405. The molecule has 0 spiro atoms. The molecule has 1 N–H and O–H groups in total. The third kappa shape index (κ3) is 2.79. The topological polar surface area (TPSA) is 84.1 Å². The molecule has 0 amide bonds. The number of tetrazole rings is 1. The van der Waals surface area contributed by atoms with Crippen LogP contribution in [-0.4, -0.2) is 48.8 Å². The molecular weight excluding hydrogens is 222 g/mol. The van der Waals surface area contributed by atoms with E-state index in [1.807, 2.05) is 6.92 Å². The normalized spacial score (nSPS) is 26.0. The van der Waals surface area contributed by atoms with Crippen molar-refractivity contribution >= 4 is 5.97 Å². The maximum atomic E-state index is 10.9. The molecule has 2 heterocycles. The summed E-state index contributed by atoms with van der Waals surface area (Å²) in [4.78, 5) is 14.6. The van der Waals surface area contributed by atoms with Crippen LogP contribution in [-0.2, 0) is 18.4 Å². The van der Waals surface area contributed by atoms with E-state index in [0.29, 0.717) is 25.2 Å². The zero-order chi connectivity index (χ0) is 12.4. The molecule has 0 aromatic carbocycles. The van der Waals surface area contributed by atoms with Crippen LogP contribution in [0.3, 0.4) is 0 Å². The van der Waals surface area contributed by atoms with Gasteiger partial charge in [0, 0.05) is 6.04 Å². The minimum atomic E-state index is -0.686. The number of hydrogen-bond acceptors (Lipinski definition) is 5. The summed E-state index contributed by atoms with van der Waals surface area (Å²) >= 11 is 0. The lowest BCUT2D eigenvalue weighted by molar-refractivity contribution is -0.144. The number of piperidine rings is 1. The van der Waals surface area contributed by atoms with Gasteiger partial charge < -0.3 is 5.11 Å². The lowest BCUT2D eigenvalue weighted by atomic mass is 9.92. The van der Waals surface area contributed by atoms with Crippen molar-refractivity contribution < 1.29 is 9.90 Å². The molecule has 0 saturated carbocycles. The van der Waals surface area contributed by atoms with Crippen LogP contribution in [0.2, 0.25) is 0 Å². The highest BCUT2D eigenvalue weighted by Gasteiger charge is 2.30. The van der Waals surface area contributed by atoms with E-state index >= 15 is 0 Å². The van der Waals surface area contributed by atoms with Crippen molar-refractivity contribution in [2.45, 2.75) is 32.4 Å². The van der Waals surface area contributed by atoms with E-state index < -0.39 is 5.97 Å². The molecule has 1 aliphatic heterocycles. The number of aromatic nitrogens is 4. The lowest BCUT2D eigenvalue weighted by Gasteiger charge is -2.35. The van der Waals surface area contributed by atoms with Crippen LogP contribution in [0.4, 0.5) is 0 Å². The molecule has 1 aliphatic rings. The largest absolute Gasteiger partial charge is 0.481 e. The number of aliphatic carboxylic acids is 1. The van der Waals surface area contributed by atoms with Crippen molar-refractivity contribution in [3.05, 3.63) is 5.82 Å². The minimum Gasteiger partial charge on any atom is -0.481 e. The van der Waals surface area contributed by atoms with Gasteiger partial charge >= 0.3 is 5.97 Å². The minimum absolute atomic E-state index is 0.212. The number of hydrogen-bond donors (Lipinski definition) is 1. The Morgan fingerprint density at radius 2 is 2.35 bits per heavy atom. The standard InChI is InChI=1S/C10H17N5O2/c1-7-5-8(10(16)17)3-4-15(7)6-9-11-13-14(2)12-9/h7-8H,3-6H2,1-2H3,(H,16,17). The first kappa shape index (κ1) is 12.0. The van der Waals surface area contributed by atoms with Gasteiger partial charge in [0.15, 0.2) is 5.82 Å². The molecule has 2 unspecified atom stereocenters. The average molecular weight is 239 g/mol. The first-order valence-electron chi connectivity index (χ1n) is 5.76. The monoisotopic (exact) mass is 239 g/mol. The molecule has 2 rings (SSSR count). The van der Waals surface area contributed by atoms with Crippen LogP contribution in [0.1, 0.15) is 25.6 Å². The van der Waals surface area contributed by atoms with Crippen molar-refractivity contribution in [1.29, 1.82) is 0 Å². The molecule has 0 radical (unpaired) electrons. The Kier molecular flexibility index (Phi) is 3.37. The highest BCUT2D eigenvalue weighted by Crippen LogP contribution is 2.23. The van der Waals surface area contributed by atoms with Crippen LogP contribution in [0.5, 0.6) is 0 Å². The Balaban J connectivity index is 1.93. The van der Waals surface area contributed by atoms with Crippen molar-refractivity contribution in [2.24, 2.45) is 13.0 Å². The van der Waals surface area contributed by atoms with E-state index in [9.17, 15) is 4.79 Å². The van der Waals surface area contributed by atoms with Gasteiger partial charge in [0.2, 0.25) is 0 Å². The quantitative estimate of drug-likeness (QED) is 0.792. The predicted octanol–water partition coefficient (Wildman–Crippen LogP) is -0.105. The third-order valence-electron chi connectivity index (χ3n) is 3.26. The Labute approximate surface area is 99.4 Å². The fraction of sp³-hybridized carbons (Fsp3) is 0.800. The van der Waals surface area contributed by atoms with E-state index in [0.717, 1.165) is 6.54 Å². The van der Waals surface area contributed by atoms with Crippen molar-refractivity contribution in [3.63, 3.8) is 0 Å². The van der Waals surface area contributed by atoms with Gasteiger partial charge in [0.1, 0.15) is 0 Å². The molecule has 2 atom stereocenters. The SMILES string of the molecule is CC1CC(C(=O)O)CCN1Cc1nnn(C)n1. The van der Waals surface area contributed by atoms with E-state index in [4.69, 9.17) is 5.11 Å². The zero-order valence-electron chi connectivity index (χ0n) is 10.1. The van der Waals surface area contributed by atoms with Gasteiger partial charge in [0.05, 0.1) is 19.5 Å². The number of nitrogens with zero attached hydrogens (tertiary/aromatic N) is 5. The van der Waals surface area contributed by atoms with Crippen LogP contribution >= 0.6 is 0 Å². The maximum Gasteiger partial charge on any atom is 0.306 e. The summed E-state index contributed by atoms with van der Waals surface area (Å²) in [5.74, 6) is -0.210. The van der Waals surface area contributed by atoms with Gasteiger partial charge in [-0.2, -0.15) is 4.80 Å². The summed E-state index contributed by atoms with van der Waals surface area (Å²) in [6.45, 7) is 3.46. The van der Waals surface area contributed by atoms with Crippen LogP contribution in [0.15, 0.2) is 0 Å². The first-order chi connectivity index (χ1) is 8.06. The second-order valence-corrected chi connectivity index (χ2v) is 4.57. The Morgan fingerprint density at radius 3 is 2.88 bits per heavy atom. The summed E-state index contributed by atoms with van der Waals surface area (Å²) < 4.78 is 0. The number of likely N-dealkylation sites (tertiary alicyclic amines) is 1. The van der Waals surface area contributed by atoms with Crippen LogP contribution in [0.25, 0.3) is 0 Å². The van der Waals surface area contributed by atoms with Gasteiger partial charge in [-0.05, 0) is 31.5 Å². The van der Waals surface area contributed by atoms with Gasteiger partial charge in [0.25, 0.3) is 0 Å². The summed E-state index contributed by atoms with van der Waals surface area (Å²) in [6, 6.07) is 0.244. The zero-order valence-corrected chi connectivity index (χ0v) is 10.1. The number of carbonyl (C=O) groups is 1. The summed E-state index contributed by atoms with van der Waals surface area (Å²) in [6.07, 6.45) is 1.38. The molecule has 7 heteroatoms. The molecular formula is C10H17N5O2. The fourth-order valence-electron chi connectivity index (χ4n) is 2.25. The molecule has 1 aromatic heterocycles. The highest BCUT2D eigenvalue weighted by molar-refractivity contribution is 5.70. The highest BCUT2D eigenvalue weighted by atomic mass is 16.4. The Morgan fingerprint density at radius 1 is 1.59 bits per heavy atom. The molecule has 1 fully saturated rings. The van der Waals surface area contributed by atoms with E-state index in [2.05, 4.69) is 20.3 Å². The molecule has 0 bridgehead atoms. The summed E-state index contributed by atoms with van der Waals surface area (Å²) in [5.41, 5.74) is 0. The van der Waals surface area contributed by atoms with Crippen molar-refractivity contribution in [3.8, 4) is 0 Å².